The van der Waals surface area contributed by atoms with Crippen LogP contribution in [0.1, 0.15) is 29.8 Å². The van der Waals surface area contributed by atoms with Crippen molar-refractivity contribution in [2.24, 2.45) is 0 Å². The summed E-state index contributed by atoms with van der Waals surface area (Å²) < 4.78 is 11.1. The van der Waals surface area contributed by atoms with Crippen molar-refractivity contribution >= 4 is 22.6 Å². The van der Waals surface area contributed by atoms with E-state index >= 15 is 0 Å². The number of benzene rings is 3. The minimum Gasteiger partial charge on any atom is -0.497 e. The molecule has 0 bridgehead atoms. The van der Waals surface area contributed by atoms with Gasteiger partial charge in [-0.3, -0.25) is 4.79 Å². The Labute approximate surface area is 153 Å². The average Bonchev–Trinajstić information content (AvgIpc) is 2.66. The van der Waals surface area contributed by atoms with Gasteiger partial charge >= 0.3 is 0 Å². The quantitative estimate of drug-likeness (QED) is 0.435. The van der Waals surface area contributed by atoms with Crippen LogP contribution in [-0.4, -0.2) is 19.0 Å². The fraction of sp³-hybridized carbons (Fsp3) is 0.174. The second-order valence-corrected chi connectivity index (χ2v) is 6.29. The Kier molecular flexibility index (Phi) is 5.37. The number of ketones is 1. The highest BCUT2D eigenvalue weighted by atomic mass is 16.5. The molecule has 3 rings (SSSR count). The summed E-state index contributed by atoms with van der Waals surface area (Å²) in [6.07, 6.45) is 3.49. The lowest BCUT2D eigenvalue weighted by atomic mass is 10.0. The second-order valence-electron chi connectivity index (χ2n) is 6.29. The van der Waals surface area contributed by atoms with Crippen LogP contribution in [0.5, 0.6) is 11.5 Å². The zero-order chi connectivity index (χ0) is 18.5. The predicted octanol–water partition coefficient (Wildman–Crippen LogP) is 5.53. The highest BCUT2D eigenvalue weighted by Gasteiger charge is 2.09. The summed E-state index contributed by atoms with van der Waals surface area (Å²) in [4.78, 5) is 12.5. The van der Waals surface area contributed by atoms with Gasteiger partial charge in [0.25, 0.3) is 0 Å². The fourth-order valence-corrected chi connectivity index (χ4v) is 2.81. The number of methoxy groups -OCH3 is 1. The van der Waals surface area contributed by atoms with Gasteiger partial charge in [-0.25, -0.2) is 0 Å². The number of allylic oxidation sites excluding steroid dienone is 1. The van der Waals surface area contributed by atoms with E-state index in [1.54, 1.807) is 37.5 Å². The molecule has 0 aliphatic rings. The molecule has 0 heterocycles. The molecule has 0 aliphatic carbocycles. The van der Waals surface area contributed by atoms with E-state index in [-0.39, 0.29) is 11.9 Å². The van der Waals surface area contributed by atoms with Gasteiger partial charge in [0, 0.05) is 11.1 Å². The zero-order valence-electron chi connectivity index (χ0n) is 15.2. The first-order valence-electron chi connectivity index (χ1n) is 8.63. The van der Waals surface area contributed by atoms with Crippen molar-refractivity contribution in [1.29, 1.82) is 0 Å². The molecule has 0 amide bonds. The Bertz CT molecular complexity index is 937. The lowest BCUT2D eigenvalue weighted by Gasteiger charge is -2.14. The molecule has 0 saturated heterocycles. The minimum atomic E-state index is -0.0592. The van der Waals surface area contributed by atoms with Crippen molar-refractivity contribution in [3.05, 3.63) is 77.9 Å². The smallest absolute Gasteiger partial charge is 0.185 e. The van der Waals surface area contributed by atoms with Crippen LogP contribution in [0.15, 0.2) is 66.7 Å². The van der Waals surface area contributed by atoms with E-state index in [1.165, 1.54) is 0 Å². The van der Waals surface area contributed by atoms with Gasteiger partial charge in [0.05, 0.1) is 13.2 Å². The molecule has 0 aliphatic heterocycles. The number of ether oxygens (including phenoxy) is 2. The number of carbonyl (C=O) groups is 1. The van der Waals surface area contributed by atoms with E-state index in [4.69, 9.17) is 9.47 Å². The molecular weight excluding hydrogens is 324 g/mol. The number of carbonyl (C=O) groups excluding carboxylic acids is 1. The van der Waals surface area contributed by atoms with Crippen LogP contribution in [-0.2, 0) is 0 Å². The Morgan fingerprint density at radius 1 is 0.962 bits per heavy atom. The number of hydrogen-bond donors (Lipinski definition) is 0. The zero-order valence-corrected chi connectivity index (χ0v) is 15.2. The fourth-order valence-electron chi connectivity index (χ4n) is 2.81. The van der Waals surface area contributed by atoms with Crippen molar-refractivity contribution in [3.63, 3.8) is 0 Å². The summed E-state index contributed by atoms with van der Waals surface area (Å²) in [5.74, 6) is 1.45. The molecule has 0 atom stereocenters. The predicted molar refractivity (Wildman–Crippen MR) is 106 cm³/mol. The first-order chi connectivity index (χ1) is 12.6. The number of hydrogen-bond acceptors (Lipinski definition) is 3. The molecule has 132 valence electrons. The maximum atomic E-state index is 12.5. The van der Waals surface area contributed by atoms with Gasteiger partial charge in [0.1, 0.15) is 11.5 Å². The Hall–Kier alpha value is -3.07. The number of fused-ring (bicyclic) bond motifs is 1. The van der Waals surface area contributed by atoms with Crippen LogP contribution < -0.4 is 9.47 Å². The lowest BCUT2D eigenvalue weighted by molar-refractivity contribution is 0.104. The van der Waals surface area contributed by atoms with Gasteiger partial charge in [-0.2, -0.15) is 0 Å². The van der Waals surface area contributed by atoms with Gasteiger partial charge in [0.2, 0.25) is 0 Å². The SMILES string of the molecule is COc1ccc(C(=O)/C=C/c2c(OC(C)C)ccc3ccccc23)cc1. The van der Waals surface area contributed by atoms with E-state index in [2.05, 4.69) is 6.07 Å². The summed E-state index contributed by atoms with van der Waals surface area (Å²) in [6, 6.07) is 19.2. The van der Waals surface area contributed by atoms with Gasteiger partial charge < -0.3 is 9.47 Å². The van der Waals surface area contributed by atoms with Crippen LogP contribution in [0, 0.1) is 0 Å². The van der Waals surface area contributed by atoms with Crippen LogP contribution >= 0.6 is 0 Å². The van der Waals surface area contributed by atoms with E-state index in [0.717, 1.165) is 27.8 Å². The third kappa shape index (κ3) is 3.94. The van der Waals surface area contributed by atoms with E-state index in [1.807, 2.05) is 50.3 Å². The molecular formula is C23H22O3. The Balaban J connectivity index is 1.97. The topological polar surface area (TPSA) is 35.5 Å². The molecule has 0 N–H and O–H groups in total. The maximum absolute atomic E-state index is 12.5. The van der Waals surface area contributed by atoms with E-state index in [0.29, 0.717) is 5.56 Å². The minimum absolute atomic E-state index is 0.0561. The highest BCUT2D eigenvalue weighted by Crippen LogP contribution is 2.30. The third-order valence-electron chi connectivity index (χ3n) is 4.07. The molecule has 3 heteroatoms. The molecule has 0 aromatic heterocycles. The molecule has 0 unspecified atom stereocenters. The second kappa shape index (κ2) is 7.87. The van der Waals surface area contributed by atoms with Crippen LogP contribution in [0.25, 0.3) is 16.8 Å². The summed E-state index contributed by atoms with van der Waals surface area (Å²) in [5, 5.41) is 2.17. The molecule has 3 aromatic carbocycles. The van der Waals surface area contributed by atoms with Gasteiger partial charge in [-0.1, -0.05) is 30.3 Å². The Morgan fingerprint density at radius 2 is 1.69 bits per heavy atom. The van der Waals surface area contributed by atoms with Crippen molar-refractivity contribution in [2.45, 2.75) is 20.0 Å². The molecule has 0 radical (unpaired) electrons. The van der Waals surface area contributed by atoms with Crippen LogP contribution in [0.3, 0.4) is 0 Å². The maximum Gasteiger partial charge on any atom is 0.185 e. The molecule has 0 saturated carbocycles. The monoisotopic (exact) mass is 346 g/mol. The molecule has 3 aromatic rings. The van der Waals surface area contributed by atoms with E-state index < -0.39 is 0 Å². The van der Waals surface area contributed by atoms with Crippen molar-refractivity contribution in [1.82, 2.24) is 0 Å². The first-order valence-corrected chi connectivity index (χ1v) is 8.63. The summed E-state index contributed by atoms with van der Waals surface area (Å²) >= 11 is 0. The molecule has 26 heavy (non-hydrogen) atoms. The standard InChI is InChI=1S/C23H22O3/c1-16(2)26-23-15-10-17-6-4-5-7-20(17)21(23)13-14-22(24)18-8-11-19(25-3)12-9-18/h4-16H,1-3H3/b14-13+. The largest absolute Gasteiger partial charge is 0.497 e. The molecule has 0 spiro atoms. The Morgan fingerprint density at radius 3 is 2.38 bits per heavy atom. The first kappa shape index (κ1) is 17.7. The summed E-state index contributed by atoms with van der Waals surface area (Å²) in [6.45, 7) is 3.98. The van der Waals surface area contributed by atoms with Gasteiger partial charge in [-0.15, -0.1) is 0 Å². The number of rotatable bonds is 6. The molecule has 0 fully saturated rings. The van der Waals surface area contributed by atoms with Gasteiger partial charge in [-0.05, 0) is 67.1 Å². The van der Waals surface area contributed by atoms with Gasteiger partial charge in [0.15, 0.2) is 5.78 Å². The third-order valence-corrected chi connectivity index (χ3v) is 4.07. The van der Waals surface area contributed by atoms with Crippen LogP contribution in [0.2, 0.25) is 0 Å². The van der Waals surface area contributed by atoms with Crippen molar-refractivity contribution in [2.75, 3.05) is 7.11 Å². The normalized spacial score (nSPS) is 11.2. The van der Waals surface area contributed by atoms with Crippen LogP contribution in [0.4, 0.5) is 0 Å². The molecule has 3 nitrogen and oxygen atoms in total. The summed E-state index contributed by atoms with van der Waals surface area (Å²) in [7, 11) is 1.60. The van der Waals surface area contributed by atoms with E-state index in [9.17, 15) is 4.79 Å². The summed E-state index contributed by atoms with van der Waals surface area (Å²) in [5.41, 5.74) is 1.53. The van der Waals surface area contributed by atoms with Crippen molar-refractivity contribution < 1.29 is 14.3 Å². The highest BCUT2D eigenvalue weighted by molar-refractivity contribution is 6.08. The average molecular weight is 346 g/mol. The van der Waals surface area contributed by atoms with Crippen molar-refractivity contribution in [3.8, 4) is 11.5 Å². The lowest BCUT2D eigenvalue weighted by Crippen LogP contribution is -2.06.